The van der Waals surface area contributed by atoms with Crippen LogP contribution >= 0.6 is 11.5 Å². The lowest BCUT2D eigenvalue weighted by molar-refractivity contribution is 0.190. The molecule has 2 N–H and O–H groups in total. The zero-order valence-electron chi connectivity index (χ0n) is 14.1. The van der Waals surface area contributed by atoms with Gasteiger partial charge in [0.2, 0.25) is 5.13 Å². The van der Waals surface area contributed by atoms with Gasteiger partial charge in [-0.2, -0.15) is 4.37 Å². The third-order valence-electron chi connectivity index (χ3n) is 3.12. The molecule has 1 aromatic carbocycles. The highest BCUT2D eigenvalue weighted by Crippen LogP contribution is 2.21. The van der Waals surface area contributed by atoms with Crippen LogP contribution in [-0.2, 0) is 6.42 Å². The number of ether oxygens (including phenoxy) is 1. The highest BCUT2D eigenvalue weighted by atomic mass is 32.1. The van der Waals surface area contributed by atoms with E-state index in [-0.39, 0.29) is 6.10 Å². The van der Waals surface area contributed by atoms with Gasteiger partial charge in [0.15, 0.2) is 0 Å². The van der Waals surface area contributed by atoms with E-state index in [1.165, 1.54) is 11.5 Å². The fourth-order valence-corrected chi connectivity index (χ4v) is 2.74. The quantitative estimate of drug-likeness (QED) is 0.770. The summed E-state index contributed by atoms with van der Waals surface area (Å²) in [5.74, 6) is 2.16. The number of aromatic nitrogens is 2. The largest absolute Gasteiger partial charge is 0.491 e. The van der Waals surface area contributed by atoms with E-state index in [9.17, 15) is 5.11 Å². The molecule has 0 aliphatic carbocycles. The first-order valence-corrected chi connectivity index (χ1v) is 8.72. The average Bonchev–Trinajstić information content (AvgIpc) is 2.91. The van der Waals surface area contributed by atoms with E-state index < -0.39 is 6.10 Å². The molecule has 0 aliphatic heterocycles. The Morgan fingerprint density at radius 2 is 2.04 bits per heavy atom. The van der Waals surface area contributed by atoms with E-state index in [2.05, 4.69) is 28.5 Å². The van der Waals surface area contributed by atoms with Crippen molar-refractivity contribution in [2.24, 2.45) is 5.92 Å². The van der Waals surface area contributed by atoms with Gasteiger partial charge in [0.25, 0.3) is 0 Å². The van der Waals surface area contributed by atoms with Crippen LogP contribution in [0.1, 0.15) is 45.2 Å². The maximum Gasteiger partial charge on any atom is 0.202 e. The van der Waals surface area contributed by atoms with Crippen molar-refractivity contribution in [2.45, 2.75) is 46.3 Å². The van der Waals surface area contributed by atoms with Crippen LogP contribution in [0.5, 0.6) is 5.75 Å². The summed E-state index contributed by atoms with van der Waals surface area (Å²) in [7, 11) is 0. The van der Waals surface area contributed by atoms with Crippen molar-refractivity contribution in [1.29, 1.82) is 0 Å². The van der Waals surface area contributed by atoms with Gasteiger partial charge >= 0.3 is 0 Å². The first-order valence-electron chi connectivity index (χ1n) is 7.95. The van der Waals surface area contributed by atoms with Crippen LogP contribution in [-0.4, -0.2) is 27.1 Å². The van der Waals surface area contributed by atoms with Gasteiger partial charge in [-0.3, -0.25) is 0 Å². The molecular formula is C17H25N3O2S. The minimum absolute atomic E-state index is 0.112. The van der Waals surface area contributed by atoms with Crippen molar-refractivity contribution in [1.82, 2.24) is 9.36 Å². The second-order valence-electron chi connectivity index (χ2n) is 6.25. The molecule has 5 nitrogen and oxygen atoms in total. The molecule has 2 rings (SSSR count). The summed E-state index contributed by atoms with van der Waals surface area (Å²) in [5, 5.41) is 14.2. The molecule has 0 radical (unpaired) electrons. The van der Waals surface area contributed by atoms with E-state index in [0.29, 0.717) is 12.5 Å². The Balaban J connectivity index is 1.91. The van der Waals surface area contributed by atoms with Crippen molar-refractivity contribution >= 4 is 16.7 Å². The van der Waals surface area contributed by atoms with Gasteiger partial charge in [-0.15, -0.1) is 0 Å². The maximum atomic E-state index is 10.3. The van der Waals surface area contributed by atoms with E-state index >= 15 is 0 Å². The lowest BCUT2D eigenvalue weighted by Crippen LogP contribution is -2.12. The maximum absolute atomic E-state index is 10.3. The summed E-state index contributed by atoms with van der Waals surface area (Å²) >= 11 is 1.33. The highest BCUT2D eigenvalue weighted by molar-refractivity contribution is 7.09. The molecule has 2 aromatic rings. The molecule has 1 heterocycles. The second-order valence-corrected chi connectivity index (χ2v) is 7.00. The lowest BCUT2D eigenvalue weighted by Gasteiger charge is -2.14. The summed E-state index contributed by atoms with van der Waals surface area (Å²) in [6, 6.07) is 7.55. The van der Waals surface area contributed by atoms with Gasteiger partial charge in [0.05, 0.1) is 12.2 Å². The zero-order valence-corrected chi connectivity index (χ0v) is 14.9. The normalized spacial score (nSPS) is 12.7. The Morgan fingerprint density at radius 3 is 2.74 bits per heavy atom. The predicted molar refractivity (Wildman–Crippen MR) is 94.1 cm³/mol. The Kier molecular flexibility index (Phi) is 6.36. The van der Waals surface area contributed by atoms with Crippen molar-refractivity contribution in [3.8, 4) is 5.75 Å². The second kappa shape index (κ2) is 8.26. The average molecular weight is 335 g/mol. The third-order valence-corrected chi connectivity index (χ3v) is 3.83. The van der Waals surface area contributed by atoms with E-state index in [1.807, 2.05) is 38.1 Å². The molecule has 0 fully saturated rings. The Morgan fingerprint density at radius 1 is 1.26 bits per heavy atom. The SMILES string of the molecule is CC(C)Cc1nsc(NC[C@@H](O)c2cccc(OC(C)C)c2)n1. The summed E-state index contributed by atoms with van der Waals surface area (Å²) in [6.07, 6.45) is 0.361. The van der Waals surface area contributed by atoms with Gasteiger partial charge < -0.3 is 15.2 Å². The van der Waals surface area contributed by atoms with E-state index in [0.717, 1.165) is 28.7 Å². The molecule has 0 unspecified atom stereocenters. The molecule has 0 saturated heterocycles. The van der Waals surface area contributed by atoms with Crippen LogP contribution in [0.3, 0.4) is 0 Å². The lowest BCUT2D eigenvalue weighted by atomic mass is 10.1. The van der Waals surface area contributed by atoms with Crippen LogP contribution in [0.4, 0.5) is 5.13 Å². The Bertz CT molecular complexity index is 613. The number of rotatable bonds is 8. The summed E-state index contributed by atoms with van der Waals surface area (Å²) in [6.45, 7) is 8.64. The van der Waals surface area contributed by atoms with Crippen LogP contribution in [0.15, 0.2) is 24.3 Å². The number of aliphatic hydroxyl groups is 1. The fourth-order valence-electron chi connectivity index (χ4n) is 2.14. The molecule has 0 spiro atoms. The van der Waals surface area contributed by atoms with Crippen LogP contribution < -0.4 is 10.1 Å². The van der Waals surface area contributed by atoms with E-state index in [1.54, 1.807) is 0 Å². The number of aliphatic hydroxyl groups excluding tert-OH is 1. The number of hydrogen-bond acceptors (Lipinski definition) is 6. The molecule has 0 aliphatic rings. The fraction of sp³-hybridized carbons (Fsp3) is 0.529. The smallest absolute Gasteiger partial charge is 0.202 e. The number of nitrogens with one attached hydrogen (secondary N) is 1. The van der Waals surface area contributed by atoms with Gasteiger partial charge in [-0.05, 0) is 37.5 Å². The van der Waals surface area contributed by atoms with Crippen molar-refractivity contribution in [2.75, 3.05) is 11.9 Å². The summed E-state index contributed by atoms with van der Waals surface area (Å²) < 4.78 is 9.98. The Labute approximate surface area is 141 Å². The predicted octanol–water partition coefficient (Wildman–Crippen LogP) is 3.67. The van der Waals surface area contributed by atoms with Crippen molar-refractivity contribution < 1.29 is 9.84 Å². The minimum atomic E-state index is -0.622. The molecule has 0 amide bonds. The molecule has 1 aromatic heterocycles. The number of benzene rings is 1. The molecule has 126 valence electrons. The Hall–Kier alpha value is -1.66. The van der Waals surface area contributed by atoms with Crippen LogP contribution in [0.25, 0.3) is 0 Å². The third kappa shape index (κ3) is 5.80. The highest BCUT2D eigenvalue weighted by Gasteiger charge is 2.11. The minimum Gasteiger partial charge on any atom is -0.491 e. The number of anilines is 1. The van der Waals surface area contributed by atoms with Crippen molar-refractivity contribution in [3.63, 3.8) is 0 Å². The standard InChI is InChI=1S/C17H25N3O2S/c1-11(2)8-16-19-17(23-20-16)18-10-15(21)13-6-5-7-14(9-13)22-12(3)4/h5-7,9,11-12,15,21H,8,10H2,1-4H3,(H,18,19,20)/t15-/m1/s1. The van der Waals surface area contributed by atoms with Gasteiger partial charge in [-0.1, -0.05) is 26.0 Å². The molecule has 1 atom stereocenters. The van der Waals surface area contributed by atoms with Gasteiger partial charge in [0, 0.05) is 24.5 Å². The summed E-state index contributed by atoms with van der Waals surface area (Å²) in [4.78, 5) is 4.43. The summed E-state index contributed by atoms with van der Waals surface area (Å²) in [5.41, 5.74) is 0.822. The monoisotopic (exact) mass is 335 g/mol. The zero-order chi connectivity index (χ0) is 16.8. The first kappa shape index (κ1) is 17.7. The molecule has 0 saturated carbocycles. The molecule has 6 heteroatoms. The molecular weight excluding hydrogens is 310 g/mol. The van der Waals surface area contributed by atoms with Crippen LogP contribution in [0, 0.1) is 5.92 Å². The van der Waals surface area contributed by atoms with E-state index in [4.69, 9.17) is 4.74 Å². The van der Waals surface area contributed by atoms with Gasteiger partial charge in [0.1, 0.15) is 11.6 Å². The topological polar surface area (TPSA) is 67.3 Å². The number of nitrogens with zero attached hydrogens (tertiary/aromatic N) is 2. The molecule has 0 bridgehead atoms. The number of hydrogen-bond donors (Lipinski definition) is 2. The molecule has 23 heavy (non-hydrogen) atoms. The van der Waals surface area contributed by atoms with Gasteiger partial charge in [-0.25, -0.2) is 4.98 Å². The van der Waals surface area contributed by atoms with Crippen molar-refractivity contribution in [3.05, 3.63) is 35.7 Å². The first-order chi connectivity index (χ1) is 10.9. The van der Waals surface area contributed by atoms with Crippen LogP contribution in [0.2, 0.25) is 0 Å².